The molecule has 0 spiro atoms. The number of carbonyl (C=O) groups excluding carboxylic acids is 1. The van der Waals surface area contributed by atoms with Gasteiger partial charge in [-0.05, 0) is 37.0 Å². The maximum Gasteiger partial charge on any atom is 0.251 e. The maximum atomic E-state index is 12.5. The number of aromatic amines is 1. The number of H-pyrrole nitrogens is 1. The molecule has 3 N–H and O–H groups in total. The van der Waals surface area contributed by atoms with E-state index in [1.807, 2.05) is 0 Å². The molecule has 1 amide bonds. The molecule has 0 saturated carbocycles. The van der Waals surface area contributed by atoms with Gasteiger partial charge in [-0.2, -0.15) is 4.98 Å². The topological polar surface area (TPSA) is 73.0 Å². The number of aryl methyl sites for hydroxylation is 2. The highest BCUT2D eigenvalue weighted by Crippen LogP contribution is 2.34. The van der Waals surface area contributed by atoms with Crippen LogP contribution in [-0.2, 0) is 11.3 Å². The first-order valence-electron chi connectivity index (χ1n) is 8.42. The Morgan fingerprint density at radius 3 is 2.79 bits per heavy atom. The summed E-state index contributed by atoms with van der Waals surface area (Å²) in [6.45, 7) is 7.80. The number of hydrogen-bond acceptors (Lipinski definition) is 4. The molecule has 2 heterocycles. The van der Waals surface area contributed by atoms with Crippen LogP contribution in [-0.4, -0.2) is 29.5 Å². The number of hydrogen-bond donors (Lipinski definition) is 3. The van der Waals surface area contributed by atoms with Crippen LogP contribution >= 0.6 is 0 Å². The molecule has 0 saturated heterocycles. The molecule has 1 aromatic carbocycles. The molecule has 2 aromatic rings. The molecule has 3 rings (SSSR count). The van der Waals surface area contributed by atoms with Crippen LogP contribution < -0.4 is 15.5 Å². The predicted octanol–water partition coefficient (Wildman–Crippen LogP) is 2.66. The first-order valence-corrected chi connectivity index (χ1v) is 8.42. The monoisotopic (exact) mass is 327 g/mol. The number of nitrogens with one attached hydrogen (secondary N) is 3. The Kier molecular flexibility index (Phi) is 4.57. The highest BCUT2D eigenvalue weighted by atomic mass is 16.2. The molecule has 1 aromatic heterocycles. The van der Waals surface area contributed by atoms with Crippen LogP contribution in [0.15, 0.2) is 18.2 Å². The van der Waals surface area contributed by atoms with Gasteiger partial charge in [0.25, 0.3) is 5.91 Å². The number of benzene rings is 1. The van der Waals surface area contributed by atoms with Crippen molar-refractivity contribution in [2.75, 3.05) is 23.8 Å². The zero-order valence-electron chi connectivity index (χ0n) is 14.7. The minimum absolute atomic E-state index is 0.0228. The Hall–Kier alpha value is -2.34. The predicted molar refractivity (Wildman–Crippen MR) is 96.3 cm³/mol. The molecule has 1 unspecified atom stereocenters. The Morgan fingerprint density at radius 1 is 1.29 bits per heavy atom. The summed E-state index contributed by atoms with van der Waals surface area (Å²) >= 11 is 0. The van der Waals surface area contributed by atoms with E-state index in [0.29, 0.717) is 12.4 Å². The first-order chi connectivity index (χ1) is 11.5. The summed E-state index contributed by atoms with van der Waals surface area (Å²) in [7, 11) is 1.77. The lowest BCUT2D eigenvalue weighted by Gasteiger charge is -2.14. The second-order valence-electron chi connectivity index (χ2n) is 6.38. The quantitative estimate of drug-likeness (QED) is 0.763. The van der Waals surface area contributed by atoms with Crippen molar-refractivity contribution >= 4 is 17.7 Å². The minimum atomic E-state index is -0.378. The number of imidazole rings is 1. The molecule has 0 radical (unpaired) electrons. The van der Waals surface area contributed by atoms with Crippen LogP contribution in [0, 0.1) is 13.8 Å². The van der Waals surface area contributed by atoms with E-state index in [9.17, 15) is 4.79 Å². The normalized spacial score (nSPS) is 16.6. The summed E-state index contributed by atoms with van der Waals surface area (Å²) in [6, 6.07) is 5.99. The van der Waals surface area contributed by atoms with Crippen LogP contribution in [0.5, 0.6) is 0 Å². The van der Waals surface area contributed by atoms with Gasteiger partial charge < -0.3 is 10.3 Å². The molecule has 1 aliphatic rings. The molecule has 128 valence electrons. The first kappa shape index (κ1) is 16.5. The van der Waals surface area contributed by atoms with E-state index in [4.69, 9.17) is 0 Å². The van der Waals surface area contributed by atoms with Gasteiger partial charge in [0, 0.05) is 20.1 Å². The molecular weight excluding hydrogens is 302 g/mol. The van der Waals surface area contributed by atoms with E-state index < -0.39 is 0 Å². The van der Waals surface area contributed by atoms with Gasteiger partial charge in [-0.3, -0.25) is 15.0 Å². The fraction of sp³-hybridized carbons (Fsp3) is 0.444. The van der Waals surface area contributed by atoms with Crippen molar-refractivity contribution in [1.29, 1.82) is 0 Å². The van der Waals surface area contributed by atoms with Gasteiger partial charge in [0.15, 0.2) is 5.82 Å². The average Bonchev–Trinajstić information content (AvgIpc) is 3.07. The van der Waals surface area contributed by atoms with Crippen molar-refractivity contribution < 1.29 is 4.79 Å². The average molecular weight is 327 g/mol. The largest absolute Gasteiger partial charge is 0.356 e. The lowest BCUT2D eigenvalue weighted by Crippen LogP contribution is -2.32. The van der Waals surface area contributed by atoms with Crippen LogP contribution in [0.1, 0.15) is 41.8 Å². The molecule has 6 heteroatoms. The van der Waals surface area contributed by atoms with E-state index in [-0.39, 0.29) is 11.9 Å². The summed E-state index contributed by atoms with van der Waals surface area (Å²) < 4.78 is 0. The van der Waals surface area contributed by atoms with Gasteiger partial charge in [-0.1, -0.05) is 25.1 Å². The van der Waals surface area contributed by atoms with Crippen molar-refractivity contribution in [3.8, 4) is 0 Å². The summed E-state index contributed by atoms with van der Waals surface area (Å²) in [4.78, 5) is 21.8. The third-order valence-corrected chi connectivity index (χ3v) is 4.52. The number of amides is 1. The van der Waals surface area contributed by atoms with Crippen LogP contribution in [0.2, 0.25) is 0 Å². The molecule has 24 heavy (non-hydrogen) atoms. The standard InChI is InChI=1S/C18H25N5O/c1-5-8-19-18-21-14-15(17(24)23(4)16(14)22-18)20-10-13-7-6-11(2)12(3)9-13/h6-7,9,15,20H,5,8,10H2,1-4H3,(H2,19,21,22). The number of nitrogens with zero attached hydrogens (tertiary/aromatic N) is 2. The van der Waals surface area contributed by atoms with Crippen molar-refractivity contribution in [2.45, 2.75) is 39.8 Å². The molecular formula is C18H25N5O. The summed E-state index contributed by atoms with van der Waals surface area (Å²) in [6.07, 6.45) is 1.02. The van der Waals surface area contributed by atoms with E-state index in [0.717, 1.165) is 24.6 Å². The second kappa shape index (κ2) is 6.65. The highest BCUT2D eigenvalue weighted by Gasteiger charge is 2.38. The number of anilines is 2. The number of aromatic nitrogens is 2. The van der Waals surface area contributed by atoms with Gasteiger partial charge in [0.2, 0.25) is 5.95 Å². The third-order valence-electron chi connectivity index (χ3n) is 4.52. The van der Waals surface area contributed by atoms with Crippen molar-refractivity contribution in [3.05, 3.63) is 40.6 Å². The number of fused-ring (bicyclic) bond motifs is 1. The highest BCUT2D eigenvalue weighted by molar-refractivity contribution is 6.02. The van der Waals surface area contributed by atoms with Crippen molar-refractivity contribution in [3.63, 3.8) is 0 Å². The third kappa shape index (κ3) is 3.01. The summed E-state index contributed by atoms with van der Waals surface area (Å²) in [5, 5.41) is 6.59. The molecule has 0 aliphatic carbocycles. The zero-order chi connectivity index (χ0) is 17.3. The van der Waals surface area contributed by atoms with E-state index in [1.54, 1.807) is 11.9 Å². The molecule has 0 fully saturated rings. The van der Waals surface area contributed by atoms with Crippen molar-refractivity contribution in [2.24, 2.45) is 0 Å². The van der Waals surface area contributed by atoms with E-state index in [1.165, 1.54) is 16.7 Å². The lowest BCUT2D eigenvalue weighted by atomic mass is 10.1. The van der Waals surface area contributed by atoms with Gasteiger partial charge in [0.1, 0.15) is 6.04 Å². The Morgan fingerprint density at radius 2 is 2.08 bits per heavy atom. The Labute approximate surface area is 142 Å². The van der Waals surface area contributed by atoms with Crippen LogP contribution in [0.25, 0.3) is 0 Å². The zero-order valence-corrected chi connectivity index (χ0v) is 14.7. The van der Waals surface area contributed by atoms with Gasteiger partial charge in [0.05, 0.1) is 5.69 Å². The lowest BCUT2D eigenvalue weighted by molar-refractivity contribution is -0.119. The number of likely N-dealkylation sites (N-methyl/N-ethyl adjacent to an activating group) is 1. The van der Waals surface area contributed by atoms with E-state index >= 15 is 0 Å². The molecule has 1 atom stereocenters. The second-order valence-corrected chi connectivity index (χ2v) is 6.38. The summed E-state index contributed by atoms with van der Waals surface area (Å²) in [5.74, 6) is 1.45. The van der Waals surface area contributed by atoms with E-state index in [2.05, 4.69) is 59.6 Å². The van der Waals surface area contributed by atoms with Gasteiger partial charge in [-0.25, -0.2) is 0 Å². The Balaban J connectivity index is 1.75. The van der Waals surface area contributed by atoms with Gasteiger partial charge >= 0.3 is 0 Å². The van der Waals surface area contributed by atoms with Crippen LogP contribution in [0.4, 0.5) is 11.8 Å². The maximum absolute atomic E-state index is 12.5. The fourth-order valence-corrected chi connectivity index (χ4v) is 2.91. The molecule has 1 aliphatic heterocycles. The van der Waals surface area contributed by atoms with Gasteiger partial charge in [-0.15, -0.1) is 0 Å². The minimum Gasteiger partial charge on any atom is -0.356 e. The Bertz CT molecular complexity index is 752. The number of carbonyl (C=O) groups is 1. The van der Waals surface area contributed by atoms with Crippen LogP contribution in [0.3, 0.4) is 0 Å². The number of rotatable bonds is 6. The molecule has 6 nitrogen and oxygen atoms in total. The molecule has 0 bridgehead atoms. The van der Waals surface area contributed by atoms with Crippen molar-refractivity contribution in [1.82, 2.24) is 15.3 Å². The summed E-state index contributed by atoms with van der Waals surface area (Å²) in [5.41, 5.74) is 4.55. The fourth-order valence-electron chi connectivity index (χ4n) is 2.91. The SMILES string of the molecule is CCCNc1nc2c([nH]1)C(NCc1ccc(C)c(C)c1)C(=O)N2C. The smallest absolute Gasteiger partial charge is 0.251 e.